The summed E-state index contributed by atoms with van der Waals surface area (Å²) >= 11 is 13.8. The first kappa shape index (κ1) is 42.3. The van der Waals surface area contributed by atoms with E-state index in [0.717, 1.165) is 8.95 Å². The third-order valence-corrected chi connectivity index (χ3v) is 16.9. The summed E-state index contributed by atoms with van der Waals surface area (Å²) in [5, 5.41) is 10.4. The number of aromatic amines is 1. The van der Waals surface area contributed by atoms with Crippen LogP contribution in [0.5, 0.6) is 0 Å². The molecule has 7 heteroatoms. The van der Waals surface area contributed by atoms with Crippen LogP contribution in [-0.4, -0.2) is 9.55 Å². The van der Waals surface area contributed by atoms with Crippen LogP contribution < -0.4 is 0 Å². The molecule has 0 aliphatic heterocycles. The van der Waals surface area contributed by atoms with Gasteiger partial charge < -0.3 is 9.55 Å². The van der Waals surface area contributed by atoms with Gasteiger partial charge in [0.1, 0.15) is 0 Å². The third-order valence-electron chi connectivity index (χ3n) is 12.5. The lowest BCUT2D eigenvalue weighted by Gasteiger charge is -2.10. The second-order valence-corrected chi connectivity index (χ2v) is 21.5. The smallest absolute Gasteiger partial charge is 0.0731 e. The van der Waals surface area contributed by atoms with Gasteiger partial charge in [0, 0.05) is 76.2 Å². The molecule has 0 saturated carbocycles. The highest BCUT2D eigenvalue weighted by molar-refractivity contribution is 14.1. The van der Waals surface area contributed by atoms with Crippen molar-refractivity contribution < 1.29 is 0 Å². The number of fused-ring (bicyclic) bond motifs is 14. The van der Waals surface area contributed by atoms with Gasteiger partial charge in [-0.15, -0.1) is 22.7 Å². The largest absolute Gasteiger partial charge is 0.353 e. The molecular formula is C60H37Br2IN2S2. The van der Waals surface area contributed by atoms with Gasteiger partial charge in [-0.1, -0.05) is 190 Å². The van der Waals surface area contributed by atoms with Crippen LogP contribution in [0.2, 0.25) is 0 Å². The summed E-state index contributed by atoms with van der Waals surface area (Å²) in [6.07, 6.45) is 0. The van der Waals surface area contributed by atoms with Gasteiger partial charge in [-0.2, -0.15) is 0 Å². The van der Waals surface area contributed by atoms with Gasteiger partial charge in [0.2, 0.25) is 0 Å². The maximum atomic E-state index is 3.93. The average molecular weight is 1140 g/mol. The van der Waals surface area contributed by atoms with Crippen molar-refractivity contribution in [2.45, 2.75) is 0 Å². The van der Waals surface area contributed by atoms with Crippen LogP contribution in [0.1, 0.15) is 0 Å². The molecule has 4 aromatic heterocycles. The van der Waals surface area contributed by atoms with Gasteiger partial charge in [-0.05, 0) is 106 Å². The summed E-state index contributed by atoms with van der Waals surface area (Å²) in [4.78, 5) is 3.60. The molecule has 0 atom stereocenters. The first-order valence-corrected chi connectivity index (χ1v) is 26.3. The molecule has 0 radical (unpaired) electrons. The number of hydrogen-bond acceptors (Lipinski definition) is 2. The zero-order valence-corrected chi connectivity index (χ0v) is 42.6. The second kappa shape index (κ2) is 17.9. The van der Waals surface area contributed by atoms with Gasteiger partial charge >= 0.3 is 0 Å². The highest BCUT2D eigenvalue weighted by Gasteiger charge is 2.20. The van der Waals surface area contributed by atoms with Crippen molar-refractivity contribution in [2.75, 3.05) is 0 Å². The summed E-state index contributed by atoms with van der Waals surface area (Å²) in [7, 11) is 0. The second-order valence-electron chi connectivity index (χ2n) is 16.4. The Morgan fingerprint density at radius 3 is 1.49 bits per heavy atom. The number of halogens is 3. The molecule has 4 heterocycles. The molecule has 320 valence electrons. The van der Waals surface area contributed by atoms with Crippen LogP contribution in [0, 0.1) is 3.57 Å². The Balaban J connectivity index is 0.000000117. The molecule has 0 spiro atoms. The third kappa shape index (κ3) is 7.67. The molecule has 0 unspecified atom stereocenters. The average Bonchev–Trinajstić information content (AvgIpc) is 4.15. The number of H-pyrrole nitrogens is 1. The molecule has 1 N–H and O–H groups in total. The van der Waals surface area contributed by atoms with Crippen molar-refractivity contribution in [1.82, 2.24) is 9.55 Å². The highest BCUT2D eigenvalue weighted by Crippen LogP contribution is 2.47. The van der Waals surface area contributed by atoms with E-state index >= 15 is 0 Å². The van der Waals surface area contributed by atoms with E-state index in [2.05, 4.69) is 276 Å². The Labute approximate surface area is 425 Å². The van der Waals surface area contributed by atoms with Crippen molar-refractivity contribution in [3.05, 3.63) is 231 Å². The first-order valence-electron chi connectivity index (χ1n) is 22.0. The van der Waals surface area contributed by atoms with Gasteiger partial charge in [0.05, 0.1) is 25.9 Å². The van der Waals surface area contributed by atoms with Crippen molar-refractivity contribution in [3.8, 4) is 27.9 Å². The number of nitrogens with one attached hydrogen (secondary N) is 1. The van der Waals surface area contributed by atoms with E-state index in [-0.39, 0.29) is 0 Å². The molecule has 14 aromatic rings. The van der Waals surface area contributed by atoms with Gasteiger partial charge in [0.25, 0.3) is 0 Å². The lowest BCUT2D eigenvalue weighted by Crippen LogP contribution is -1.94. The molecule has 0 bridgehead atoms. The fourth-order valence-corrected chi connectivity index (χ4v) is 13.5. The fraction of sp³-hybridized carbons (Fsp3) is 0. The number of aromatic nitrogens is 2. The number of thiophene rings is 2. The van der Waals surface area contributed by atoms with Crippen LogP contribution in [0.25, 0.3) is 112 Å². The van der Waals surface area contributed by atoms with E-state index in [4.69, 9.17) is 0 Å². The Hall–Kier alpha value is -6.07. The van der Waals surface area contributed by atoms with Crippen LogP contribution in [0.15, 0.2) is 227 Å². The molecule has 10 aromatic carbocycles. The number of benzene rings is 10. The first-order chi connectivity index (χ1) is 33.0. The molecule has 0 fully saturated rings. The number of para-hydroxylation sites is 2. The molecular weight excluding hydrogens is 1100 g/mol. The van der Waals surface area contributed by atoms with Crippen molar-refractivity contribution in [1.29, 1.82) is 0 Å². The van der Waals surface area contributed by atoms with Gasteiger partial charge in [-0.3, -0.25) is 0 Å². The summed E-state index contributed by atoms with van der Waals surface area (Å²) in [6, 6.07) is 77.6. The van der Waals surface area contributed by atoms with E-state index in [1.54, 1.807) is 0 Å². The summed E-state index contributed by atoms with van der Waals surface area (Å²) < 4.78 is 11.3. The lowest BCUT2D eigenvalue weighted by atomic mass is 10.1. The predicted molar refractivity (Wildman–Crippen MR) is 308 cm³/mol. The van der Waals surface area contributed by atoms with E-state index in [9.17, 15) is 0 Å². The monoisotopic (exact) mass is 1130 g/mol. The molecule has 0 saturated heterocycles. The van der Waals surface area contributed by atoms with Crippen molar-refractivity contribution in [3.63, 3.8) is 0 Å². The van der Waals surface area contributed by atoms with Crippen molar-refractivity contribution in [2.24, 2.45) is 0 Å². The predicted octanol–water partition coefficient (Wildman–Crippen LogP) is 20.0. The minimum absolute atomic E-state index is 1.14. The molecule has 2 nitrogen and oxygen atoms in total. The van der Waals surface area contributed by atoms with Crippen molar-refractivity contribution >= 4 is 161 Å². The van der Waals surface area contributed by atoms with Crippen LogP contribution in [-0.2, 0) is 0 Å². The normalized spacial score (nSPS) is 11.5. The minimum atomic E-state index is 1.14. The Morgan fingerprint density at radius 1 is 0.403 bits per heavy atom. The number of hydrogen-bond donors (Lipinski definition) is 1. The maximum Gasteiger partial charge on any atom is 0.0731 e. The van der Waals surface area contributed by atoms with E-state index in [0.29, 0.717) is 0 Å². The molecule has 0 amide bonds. The zero-order valence-electron chi connectivity index (χ0n) is 35.7. The molecule has 14 rings (SSSR count). The Bertz CT molecular complexity index is 4110. The summed E-state index contributed by atoms with van der Waals surface area (Å²) in [5.74, 6) is 0. The van der Waals surface area contributed by atoms with E-state index in [1.165, 1.54) is 115 Å². The van der Waals surface area contributed by atoms with E-state index < -0.39 is 0 Å². The fourth-order valence-electron chi connectivity index (χ4n) is 9.41. The SMILES string of the molecule is Brc1cc2c3ccccc3sc2c2[nH]c3ccccc3c12.Brc1cc2c3ccccc3sc2c2c1c1ccccc1n2-c1ccc(-c2ccccc2)cc1.Ic1ccc(-c2ccccc2)cc1. The van der Waals surface area contributed by atoms with Gasteiger partial charge in [0.15, 0.2) is 0 Å². The number of rotatable bonds is 3. The maximum absolute atomic E-state index is 3.93. The molecule has 0 aliphatic carbocycles. The zero-order chi connectivity index (χ0) is 45.0. The summed E-state index contributed by atoms with van der Waals surface area (Å²) in [6.45, 7) is 0. The van der Waals surface area contributed by atoms with Crippen LogP contribution in [0.4, 0.5) is 0 Å². The minimum Gasteiger partial charge on any atom is -0.353 e. The Kier molecular flexibility index (Phi) is 11.3. The topological polar surface area (TPSA) is 20.7 Å². The summed E-state index contributed by atoms with van der Waals surface area (Å²) in [5.41, 5.74) is 11.1. The van der Waals surface area contributed by atoms with Crippen LogP contribution in [0.3, 0.4) is 0 Å². The quantitative estimate of drug-likeness (QED) is 0.170. The Morgan fingerprint density at radius 2 is 0.866 bits per heavy atom. The highest BCUT2D eigenvalue weighted by atomic mass is 127. The molecule has 0 aliphatic rings. The number of nitrogens with zero attached hydrogens (tertiary/aromatic N) is 1. The van der Waals surface area contributed by atoms with Gasteiger partial charge in [-0.25, -0.2) is 0 Å². The van der Waals surface area contributed by atoms with Crippen LogP contribution >= 0.6 is 77.1 Å². The molecule has 67 heavy (non-hydrogen) atoms. The van der Waals surface area contributed by atoms with E-state index in [1.807, 2.05) is 28.7 Å². The lowest BCUT2D eigenvalue weighted by molar-refractivity contribution is 1.19. The standard InChI is InChI=1S/C30H18BrNS.C18H10BrNS.C12H9I/c31-25-18-24-22-10-5-7-13-27(22)33-30(24)29-28(25)23-11-4-6-12-26(23)32(29)21-16-14-20(15-17-21)19-8-2-1-3-9-19;19-13-9-12-10-5-2-4-8-15(10)21-18(12)17-16(13)11-6-1-3-7-14(11)20-17;13-12-8-6-11(7-9-12)10-4-2-1-3-5-10/h1-18H;1-9,20H;1-9H.